The fraction of sp³-hybridized carbons (Fsp3) is 0.278. The molecule has 0 aliphatic carbocycles. The van der Waals surface area contributed by atoms with Gasteiger partial charge in [-0.05, 0) is 50.1 Å². The lowest BCUT2D eigenvalue weighted by Gasteiger charge is -2.17. The average molecular weight is 363 g/mol. The topological polar surface area (TPSA) is 92.7 Å². The van der Waals surface area contributed by atoms with E-state index in [1.54, 1.807) is 43.3 Å². The first kappa shape index (κ1) is 19.0. The molecule has 134 valence electrons. The molecule has 0 fully saturated rings. The maximum absolute atomic E-state index is 12.6. The minimum Gasteiger partial charge on any atom is -0.491 e. The lowest BCUT2D eigenvalue weighted by molar-refractivity contribution is -0.139. The number of aliphatic carboxylic acids is 1. The molecule has 0 heterocycles. The molecule has 0 aromatic heterocycles. The number of hydrogen-bond acceptors (Lipinski definition) is 4. The lowest BCUT2D eigenvalue weighted by atomic mass is 10.1. The zero-order chi connectivity index (χ0) is 18.6. The first-order chi connectivity index (χ1) is 11.7. The highest BCUT2D eigenvalue weighted by molar-refractivity contribution is 7.89. The molecule has 0 bridgehead atoms. The molecule has 6 nitrogen and oxygen atoms in total. The van der Waals surface area contributed by atoms with Crippen LogP contribution in [0.15, 0.2) is 53.4 Å². The van der Waals surface area contributed by atoms with E-state index in [1.807, 2.05) is 13.8 Å². The van der Waals surface area contributed by atoms with E-state index in [0.717, 1.165) is 0 Å². The molecule has 2 N–H and O–H groups in total. The second kappa shape index (κ2) is 7.67. The molecule has 0 aliphatic heterocycles. The number of ether oxygens (including phenoxy) is 1. The Morgan fingerprint density at radius 3 is 2.28 bits per heavy atom. The smallest absolute Gasteiger partial charge is 0.326 e. The number of carbonyl (C=O) groups is 1. The van der Waals surface area contributed by atoms with Crippen molar-refractivity contribution in [1.82, 2.24) is 4.72 Å². The molecule has 1 atom stereocenters. The van der Waals surface area contributed by atoms with Crippen LogP contribution in [0, 0.1) is 6.92 Å². The van der Waals surface area contributed by atoms with Crippen LogP contribution in [0.3, 0.4) is 0 Å². The second-order valence-corrected chi connectivity index (χ2v) is 7.61. The van der Waals surface area contributed by atoms with E-state index in [9.17, 15) is 18.3 Å². The highest BCUT2D eigenvalue weighted by Crippen LogP contribution is 2.24. The van der Waals surface area contributed by atoms with Gasteiger partial charge in [0.05, 0.1) is 11.0 Å². The van der Waals surface area contributed by atoms with E-state index in [2.05, 4.69) is 4.72 Å². The van der Waals surface area contributed by atoms with Crippen LogP contribution < -0.4 is 9.46 Å². The van der Waals surface area contributed by atoms with Gasteiger partial charge in [-0.2, -0.15) is 4.72 Å². The molecule has 25 heavy (non-hydrogen) atoms. The van der Waals surface area contributed by atoms with Crippen LogP contribution in [0.25, 0.3) is 0 Å². The summed E-state index contributed by atoms with van der Waals surface area (Å²) in [7, 11) is -4.01. The van der Waals surface area contributed by atoms with Crippen LogP contribution in [0.4, 0.5) is 0 Å². The van der Waals surface area contributed by atoms with Gasteiger partial charge in [-0.15, -0.1) is 0 Å². The summed E-state index contributed by atoms with van der Waals surface area (Å²) in [5.41, 5.74) is 1.01. The highest BCUT2D eigenvalue weighted by Gasteiger charge is 2.27. The third kappa shape index (κ3) is 4.80. The number of benzene rings is 2. The summed E-state index contributed by atoms with van der Waals surface area (Å²) in [6.07, 6.45) is -0.0336. The highest BCUT2D eigenvalue weighted by atomic mass is 32.2. The Labute approximate surface area is 147 Å². The molecule has 0 amide bonds. The van der Waals surface area contributed by atoms with Gasteiger partial charge in [0.25, 0.3) is 0 Å². The van der Waals surface area contributed by atoms with E-state index in [4.69, 9.17) is 4.74 Å². The van der Waals surface area contributed by atoms with Gasteiger partial charge in [-0.25, -0.2) is 8.42 Å². The normalized spacial score (nSPS) is 12.8. The van der Waals surface area contributed by atoms with Gasteiger partial charge in [0.1, 0.15) is 11.8 Å². The minimum atomic E-state index is -4.01. The van der Waals surface area contributed by atoms with Crippen molar-refractivity contribution in [2.45, 2.75) is 37.8 Å². The summed E-state index contributed by atoms with van der Waals surface area (Å²) in [5.74, 6) is -0.682. The van der Waals surface area contributed by atoms with Crippen LogP contribution in [0.1, 0.15) is 31.0 Å². The Balaban J connectivity index is 2.31. The summed E-state index contributed by atoms with van der Waals surface area (Å²) in [5, 5.41) is 9.39. The zero-order valence-electron chi connectivity index (χ0n) is 14.3. The Kier molecular flexibility index (Phi) is 5.81. The quantitative estimate of drug-likeness (QED) is 0.789. The van der Waals surface area contributed by atoms with Crippen LogP contribution in [-0.4, -0.2) is 25.6 Å². The summed E-state index contributed by atoms with van der Waals surface area (Å²) in [6.45, 7) is 5.49. The molecule has 0 unspecified atom stereocenters. The van der Waals surface area contributed by atoms with E-state index >= 15 is 0 Å². The molecular weight excluding hydrogens is 342 g/mol. The molecule has 0 spiro atoms. The number of carboxylic acid groups (broad SMARTS) is 1. The molecule has 2 aromatic rings. The number of sulfonamides is 1. The van der Waals surface area contributed by atoms with Crippen molar-refractivity contribution in [3.63, 3.8) is 0 Å². The van der Waals surface area contributed by atoms with Crippen molar-refractivity contribution in [3.05, 3.63) is 59.7 Å². The number of aryl methyl sites for hydroxylation is 1. The number of hydrogen-bond donors (Lipinski definition) is 2. The van der Waals surface area contributed by atoms with Crippen molar-refractivity contribution in [2.24, 2.45) is 0 Å². The first-order valence-electron chi connectivity index (χ1n) is 7.78. The second-order valence-electron chi connectivity index (χ2n) is 5.90. The van der Waals surface area contributed by atoms with E-state index < -0.39 is 22.0 Å². The summed E-state index contributed by atoms with van der Waals surface area (Å²) in [6, 6.07) is 11.2. The predicted molar refractivity (Wildman–Crippen MR) is 94.1 cm³/mol. The van der Waals surface area contributed by atoms with Crippen molar-refractivity contribution in [2.75, 3.05) is 0 Å². The van der Waals surface area contributed by atoms with Gasteiger partial charge in [-0.3, -0.25) is 4.79 Å². The molecule has 7 heteroatoms. The van der Waals surface area contributed by atoms with Crippen LogP contribution >= 0.6 is 0 Å². The summed E-state index contributed by atoms with van der Waals surface area (Å²) >= 11 is 0. The third-order valence-electron chi connectivity index (χ3n) is 3.47. The van der Waals surface area contributed by atoms with Crippen LogP contribution in [0.5, 0.6) is 5.75 Å². The van der Waals surface area contributed by atoms with Crippen molar-refractivity contribution < 1.29 is 23.1 Å². The summed E-state index contributed by atoms with van der Waals surface area (Å²) in [4.78, 5) is 11.5. The van der Waals surface area contributed by atoms with E-state index in [-0.39, 0.29) is 11.0 Å². The third-order valence-corrected chi connectivity index (χ3v) is 4.89. The largest absolute Gasteiger partial charge is 0.491 e. The van der Waals surface area contributed by atoms with Crippen LogP contribution in [0.2, 0.25) is 0 Å². The van der Waals surface area contributed by atoms with Gasteiger partial charge in [0.15, 0.2) is 0 Å². The maximum Gasteiger partial charge on any atom is 0.326 e. The lowest BCUT2D eigenvalue weighted by Crippen LogP contribution is -2.33. The fourth-order valence-electron chi connectivity index (χ4n) is 2.30. The van der Waals surface area contributed by atoms with Crippen molar-refractivity contribution >= 4 is 16.0 Å². The van der Waals surface area contributed by atoms with Gasteiger partial charge >= 0.3 is 5.97 Å². The monoisotopic (exact) mass is 363 g/mol. The van der Waals surface area contributed by atoms with Gasteiger partial charge in [0.2, 0.25) is 10.0 Å². The SMILES string of the molecule is Cc1cc(S(=O)(=O)N[C@@H](C(=O)O)c2ccccc2)ccc1OC(C)C. The molecule has 2 rings (SSSR count). The fourth-order valence-corrected chi connectivity index (χ4v) is 3.57. The molecule has 0 radical (unpaired) electrons. The molecule has 2 aromatic carbocycles. The standard InChI is InChI=1S/C18H21NO5S/c1-12(2)24-16-10-9-15(11-13(16)3)25(22,23)19-17(18(20)21)14-7-5-4-6-8-14/h4-12,17,19H,1-3H3,(H,20,21)/t17-/m1/s1. The first-order valence-corrected chi connectivity index (χ1v) is 9.26. The molecular formula is C18H21NO5S. The minimum absolute atomic E-state index is 0.0108. The Hall–Kier alpha value is -2.38. The maximum atomic E-state index is 12.6. The van der Waals surface area contributed by atoms with Gasteiger partial charge in [0, 0.05) is 0 Å². The zero-order valence-corrected chi connectivity index (χ0v) is 15.1. The van der Waals surface area contributed by atoms with E-state index in [1.165, 1.54) is 12.1 Å². The van der Waals surface area contributed by atoms with Crippen LogP contribution in [-0.2, 0) is 14.8 Å². The molecule has 0 aliphatic rings. The molecule has 0 saturated carbocycles. The summed E-state index contributed by atoms with van der Waals surface area (Å²) < 4.78 is 33.0. The molecule has 0 saturated heterocycles. The number of carboxylic acids is 1. The Morgan fingerprint density at radius 2 is 1.76 bits per heavy atom. The average Bonchev–Trinajstić information content (AvgIpc) is 2.54. The van der Waals surface area contributed by atoms with Gasteiger partial charge < -0.3 is 9.84 Å². The van der Waals surface area contributed by atoms with E-state index in [0.29, 0.717) is 16.9 Å². The predicted octanol–water partition coefficient (Wildman–Crippen LogP) is 2.89. The Morgan fingerprint density at radius 1 is 1.12 bits per heavy atom. The Bertz CT molecular complexity index is 847. The van der Waals surface area contributed by atoms with Gasteiger partial charge in [-0.1, -0.05) is 30.3 Å². The number of nitrogens with one attached hydrogen (secondary N) is 1. The number of rotatable bonds is 7. The van der Waals surface area contributed by atoms with Crippen molar-refractivity contribution in [1.29, 1.82) is 0 Å². The van der Waals surface area contributed by atoms with Crippen molar-refractivity contribution in [3.8, 4) is 5.75 Å².